The number of hydrogen-bond acceptors (Lipinski definition) is 3. The van der Waals surface area contributed by atoms with Gasteiger partial charge in [0.2, 0.25) is 0 Å². The van der Waals surface area contributed by atoms with Gasteiger partial charge in [-0.2, -0.15) is 0 Å². The number of nitrogens with zero attached hydrogens (tertiary/aromatic N) is 1. The first kappa shape index (κ1) is 16.7. The molecule has 4 heteroatoms. The number of carbonyl (C=O) groups is 1. The Morgan fingerprint density at radius 3 is 2.52 bits per heavy atom. The summed E-state index contributed by atoms with van der Waals surface area (Å²) < 4.78 is 5.52. The van der Waals surface area contributed by atoms with E-state index >= 15 is 0 Å². The Labute approximate surface area is 137 Å². The number of pyridine rings is 1. The number of hydrogen-bond donors (Lipinski definition) is 1. The van der Waals surface area contributed by atoms with E-state index in [9.17, 15) is 4.79 Å². The van der Waals surface area contributed by atoms with E-state index in [0.29, 0.717) is 12.2 Å². The Morgan fingerprint density at radius 2 is 1.96 bits per heavy atom. The van der Waals surface area contributed by atoms with Crippen molar-refractivity contribution in [2.24, 2.45) is 0 Å². The summed E-state index contributed by atoms with van der Waals surface area (Å²) in [4.78, 5) is 16.6. The molecule has 0 radical (unpaired) electrons. The Morgan fingerprint density at radius 1 is 1.26 bits per heavy atom. The van der Waals surface area contributed by atoms with Gasteiger partial charge in [0.1, 0.15) is 12.4 Å². The van der Waals surface area contributed by atoms with Crippen molar-refractivity contribution < 1.29 is 9.53 Å². The maximum atomic E-state index is 12.3. The summed E-state index contributed by atoms with van der Waals surface area (Å²) in [7, 11) is 0. The van der Waals surface area contributed by atoms with Crippen molar-refractivity contribution in [3.05, 3.63) is 71.6 Å². The Kier molecular flexibility index (Phi) is 5.52. The van der Waals surface area contributed by atoms with Gasteiger partial charge in [-0.25, -0.2) is 0 Å². The molecular formula is C19H22N2O2. The van der Waals surface area contributed by atoms with Gasteiger partial charge in [-0.05, 0) is 62.2 Å². The van der Waals surface area contributed by atoms with Crippen LogP contribution in [0.15, 0.2) is 54.7 Å². The molecule has 4 nitrogen and oxygen atoms in total. The highest BCUT2D eigenvalue weighted by atomic mass is 16.5. The number of aromatic nitrogens is 1. The lowest BCUT2D eigenvalue weighted by atomic mass is 10.1. The van der Waals surface area contributed by atoms with Crippen molar-refractivity contribution in [1.82, 2.24) is 10.3 Å². The molecule has 2 rings (SSSR count). The summed E-state index contributed by atoms with van der Waals surface area (Å²) in [5.74, 6) is 0.587. The number of carbonyl (C=O) groups excluding carboxylic acids is 1. The van der Waals surface area contributed by atoms with Gasteiger partial charge in [0.15, 0.2) is 0 Å². The van der Waals surface area contributed by atoms with E-state index < -0.39 is 0 Å². The van der Waals surface area contributed by atoms with Crippen LogP contribution >= 0.6 is 0 Å². The molecule has 0 saturated carbocycles. The highest BCUT2D eigenvalue weighted by Crippen LogP contribution is 2.15. The van der Waals surface area contributed by atoms with Gasteiger partial charge in [-0.15, -0.1) is 0 Å². The van der Waals surface area contributed by atoms with Crippen molar-refractivity contribution in [3.8, 4) is 5.75 Å². The third-order valence-electron chi connectivity index (χ3n) is 3.33. The van der Waals surface area contributed by atoms with Crippen molar-refractivity contribution in [2.75, 3.05) is 6.61 Å². The van der Waals surface area contributed by atoms with Crippen LogP contribution in [0.1, 0.15) is 41.5 Å². The molecule has 1 heterocycles. The molecule has 1 N–H and O–H groups in total. The first-order valence-electron chi connectivity index (χ1n) is 7.56. The fourth-order valence-corrected chi connectivity index (χ4v) is 2.00. The molecular weight excluding hydrogens is 288 g/mol. The van der Waals surface area contributed by atoms with Crippen molar-refractivity contribution in [2.45, 2.75) is 26.8 Å². The van der Waals surface area contributed by atoms with Gasteiger partial charge >= 0.3 is 0 Å². The van der Waals surface area contributed by atoms with E-state index in [2.05, 4.69) is 16.9 Å². The fourth-order valence-electron chi connectivity index (χ4n) is 2.00. The fraction of sp³-hybridized carbons (Fsp3) is 0.263. The first-order chi connectivity index (χ1) is 11.0. The molecule has 0 saturated heterocycles. The molecule has 1 aromatic heterocycles. The van der Waals surface area contributed by atoms with E-state index in [1.165, 1.54) is 0 Å². The molecule has 0 fully saturated rings. The Bertz CT molecular complexity index is 676. The number of ether oxygens (including phenoxy) is 1. The standard InChI is InChI=1S/C19H22N2O2/c1-13(2)12-23-17-8-6-16(7-9-17)19(22)21-15(4)18-10-5-14(3)11-20-18/h5-11,15H,1,12H2,2-4H3,(H,21,22)/t15-/m1/s1. The lowest BCUT2D eigenvalue weighted by molar-refractivity contribution is 0.0939. The molecule has 0 aliphatic rings. The van der Waals surface area contributed by atoms with Gasteiger partial charge in [-0.3, -0.25) is 9.78 Å². The molecule has 1 atom stereocenters. The van der Waals surface area contributed by atoms with Gasteiger partial charge in [0, 0.05) is 11.8 Å². The van der Waals surface area contributed by atoms with E-state index in [1.807, 2.05) is 32.9 Å². The van der Waals surface area contributed by atoms with Crippen molar-refractivity contribution in [1.29, 1.82) is 0 Å². The second-order valence-corrected chi connectivity index (χ2v) is 5.73. The second kappa shape index (κ2) is 7.58. The number of amides is 1. The summed E-state index contributed by atoms with van der Waals surface area (Å²) in [5.41, 5.74) is 3.47. The van der Waals surface area contributed by atoms with Crippen LogP contribution in [-0.2, 0) is 0 Å². The summed E-state index contributed by atoms with van der Waals surface area (Å²) in [6.07, 6.45) is 1.80. The number of benzene rings is 1. The zero-order valence-corrected chi connectivity index (χ0v) is 13.8. The van der Waals surface area contributed by atoms with Crippen LogP contribution in [0.25, 0.3) is 0 Å². The lowest BCUT2D eigenvalue weighted by Gasteiger charge is -2.14. The predicted molar refractivity (Wildman–Crippen MR) is 91.6 cm³/mol. The molecule has 23 heavy (non-hydrogen) atoms. The van der Waals surface area contributed by atoms with E-state index in [1.54, 1.807) is 30.5 Å². The maximum absolute atomic E-state index is 12.3. The molecule has 120 valence electrons. The summed E-state index contributed by atoms with van der Waals surface area (Å²) in [6, 6.07) is 10.8. The van der Waals surface area contributed by atoms with Crippen molar-refractivity contribution >= 4 is 5.91 Å². The largest absolute Gasteiger partial charge is 0.489 e. The van der Waals surface area contributed by atoms with Crippen LogP contribution in [0, 0.1) is 6.92 Å². The second-order valence-electron chi connectivity index (χ2n) is 5.73. The topological polar surface area (TPSA) is 51.2 Å². The molecule has 0 unspecified atom stereocenters. The molecule has 1 amide bonds. The molecule has 1 aromatic carbocycles. The quantitative estimate of drug-likeness (QED) is 0.825. The van der Waals surface area contributed by atoms with Gasteiger partial charge < -0.3 is 10.1 Å². The number of rotatable bonds is 6. The zero-order chi connectivity index (χ0) is 16.8. The summed E-state index contributed by atoms with van der Waals surface area (Å²) in [6.45, 7) is 10.1. The van der Waals surface area contributed by atoms with Crippen LogP contribution in [0.4, 0.5) is 0 Å². The van der Waals surface area contributed by atoms with Crippen LogP contribution in [0.5, 0.6) is 5.75 Å². The molecule has 2 aromatic rings. The molecule has 0 aliphatic carbocycles. The van der Waals surface area contributed by atoms with Gasteiger partial charge in [0.25, 0.3) is 5.91 Å². The third kappa shape index (κ3) is 4.95. The predicted octanol–water partition coefficient (Wildman–Crippen LogP) is 3.84. The average Bonchev–Trinajstić information content (AvgIpc) is 2.54. The summed E-state index contributed by atoms with van der Waals surface area (Å²) in [5, 5.41) is 2.95. The van der Waals surface area contributed by atoms with Gasteiger partial charge in [0.05, 0.1) is 11.7 Å². The minimum absolute atomic E-state index is 0.133. The highest BCUT2D eigenvalue weighted by Gasteiger charge is 2.12. The normalized spacial score (nSPS) is 11.6. The minimum Gasteiger partial charge on any atom is -0.489 e. The minimum atomic E-state index is -0.151. The van der Waals surface area contributed by atoms with Crippen LogP contribution in [0.2, 0.25) is 0 Å². The van der Waals surface area contributed by atoms with Crippen LogP contribution in [0.3, 0.4) is 0 Å². The molecule has 0 bridgehead atoms. The Hall–Kier alpha value is -2.62. The van der Waals surface area contributed by atoms with Crippen LogP contribution in [-0.4, -0.2) is 17.5 Å². The lowest BCUT2D eigenvalue weighted by Crippen LogP contribution is -2.27. The van der Waals surface area contributed by atoms with E-state index in [4.69, 9.17) is 4.74 Å². The zero-order valence-electron chi connectivity index (χ0n) is 13.8. The van der Waals surface area contributed by atoms with Gasteiger partial charge in [-0.1, -0.05) is 12.6 Å². The summed E-state index contributed by atoms with van der Waals surface area (Å²) >= 11 is 0. The molecule has 0 aliphatic heterocycles. The van der Waals surface area contributed by atoms with E-state index in [-0.39, 0.29) is 11.9 Å². The smallest absolute Gasteiger partial charge is 0.251 e. The highest BCUT2D eigenvalue weighted by molar-refractivity contribution is 5.94. The van der Waals surface area contributed by atoms with E-state index in [0.717, 1.165) is 22.6 Å². The third-order valence-corrected chi connectivity index (χ3v) is 3.33. The Balaban J connectivity index is 1.97. The van der Waals surface area contributed by atoms with Crippen LogP contribution < -0.4 is 10.1 Å². The number of aryl methyl sites for hydroxylation is 1. The monoisotopic (exact) mass is 310 g/mol. The van der Waals surface area contributed by atoms with Crippen molar-refractivity contribution in [3.63, 3.8) is 0 Å². The molecule has 0 spiro atoms. The SMILES string of the molecule is C=C(C)COc1ccc(C(=O)N[C@H](C)c2ccc(C)cn2)cc1. The maximum Gasteiger partial charge on any atom is 0.251 e. The average molecular weight is 310 g/mol. The first-order valence-corrected chi connectivity index (χ1v) is 7.56. The number of nitrogens with one attached hydrogen (secondary N) is 1.